The number of hydrogen-bond donors (Lipinski definition) is 2. The van der Waals surface area contributed by atoms with Crippen molar-refractivity contribution in [2.75, 3.05) is 0 Å². The third-order valence-electron chi connectivity index (χ3n) is 6.21. The summed E-state index contributed by atoms with van der Waals surface area (Å²) in [6.45, 7) is 3.14. The Labute approximate surface area is 174 Å². The van der Waals surface area contributed by atoms with E-state index >= 15 is 0 Å². The molecule has 0 saturated heterocycles. The van der Waals surface area contributed by atoms with Gasteiger partial charge in [0.1, 0.15) is 0 Å². The maximum Gasteiger partial charge on any atom is 0.325 e. The van der Waals surface area contributed by atoms with Crippen LogP contribution in [0.15, 0.2) is 47.4 Å². The van der Waals surface area contributed by atoms with Crippen molar-refractivity contribution in [3.63, 3.8) is 0 Å². The molecule has 0 spiro atoms. The summed E-state index contributed by atoms with van der Waals surface area (Å²) >= 11 is 6.13. The second kappa shape index (κ2) is 6.89. The number of sulfone groups is 1. The molecule has 0 aliphatic heterocycles. The molecule has 152 valence electrons. The first-order valence-electron chi connectivity index (χ1n) is 9.48. The quantitative estimate of drug-likeness (QED) is 0.634. The van der Waals surface area contributed by atoms with Crippen LogP contribution >= 0.6 is 11.6 Å². The van der Waals surface area contributed by atoms with Crippen LogP contribution in [0.4, 0.5) is 0 Å². The molecule has 1 heterocycles. The molecular weight excluding hydrogens is 410 g/mol. The number of aliphatic carboxylic acids is 1. The van der Waals surface area contributed by atoms with Crippen molar-refractivity contribution >= 4 is 38.3 Å². The molecule has 2 N–H and O–H groups in total. The van der Waals surface area contributed by atoms with Crippen molar-refractivity contribution in [2.45, 2.75) is 42.8 Å². The molecule has 0 saturated carbocycles. The predicted molar refractivity (Wildman–Crippen MR) is 113 cm³/mol. The minimum Gasteiger partial charge on any atom is -0.480 e. The molecule has 1 aliphatic rings. The molecule has 7 heteroatoms. The first-order chi connectivity index (χ1) is 13.6. The molecule has 1 aromatic heterocycles. The highest BCUT2D eigenvalue weighted by atomic mass is 35.5. The third kappa shape index (κ3) is 3.06. The topological polar surface area (TPSA) is 87.2 Å². The zero-order valence-electron chi connectivity index (χ0n) is 16.2. The summed E-state index contributed by atoms with van der Waals surface area (Å²) in [6, 6.07) is 12.0. The number of carbonyl (C=O) groups is 1. The average molecular weight is 432 g/mol. The van der Waals surface area contributed by atoms with Gasteiger partial charge in [-0.2, -0.15) is 0 Å². The normalized spacial score (nSPS) is 18.9. The highest BCUT2D eigenvalue weighted by molar-refractivity contribution is 7.93. The van der Waals surface area contributed by atoms with E-state index in [1.165, 1.54) is 19.1 Å². The summed E-state index contributed by atoms with van der Waals surface area (Å²) in [5.74, 6) is -1.87. The lowest BCUT2D eigenvalue weighted by molar-refractivity contribution is -0.141. The van der Waals surface area contributed by atoms with Gasteiger partial charge in [0.25, 0.3) is 0 Å². The first kappa shape index (κ1) is 20.0. The molecule has 0 amide bonds. The number of rotatable bonds is 4. The molecule has 0 radical (unpaired) electrons. The van der Waals surface area contributed by atoms with E-state index in [-0.39, 0.29) is 4.90 Å². The molecule has 2 atom stereocenters. The molecule has 2 aromatic carbocycles. The second-order valence-corrected chi connectivity index (χ2v) is 10.7. The monoisotopic (exact) mass is 431 g/mol. The number of aromatic nitrogens is 1. The number of hydrogen-bond acceptors (Lipinski definition) is 3. The van der Waals surface area contributed by atoms with Crippen LogP contribution in [0.1, 0.15) is 30.2 Å². The molecule has 5 nitrogen and oxygen atoms in total. The van der Waals surface area contributed by atoms with Crippen LogP contribution < -0.4 is 0 Å². The Balaban J connectivity index is 1.79. The average Bonchev–Trinajstić information content (AvgIpc) is 3.04. The van der Waals surface area contributed by atoms with Crippen LogP contribution in [-0.2, 0) is 27.5 Å². The Kier molecular flexibility index (Phi) is 4.74. The summed E-state index contributed by atoms with van der Waals surface area (Å²) in [4.78, 5) is 15.7. The number of carboxylic acids is 1. The van der Waals surface area contributed by atoms with Gasteiger partial charge < -0.3 is 10.1 Å². The van der Waals surface area contributed by atoms with Crippen molar-refractivity contribution < 1.29 is 18.3 Å². The Hall–Kier alpha value is -2.31. The van der Waals surface area contributed by atoms with Gasteiger partial charge >= 0.3 is 5.97 Å². The van der Waals surface area contributed by atoms with Crippen LogP contribution in [0.2, 0.25) is 5.02 Å². The molecule has 4 rings (SSSR count). The van der Waals surface area contributed by atoms with Gasteiger partial charge in [0.15, 0.2) is 14.6 Å². The van der Waals surface area contributed by atoms with Gasteiger partial charge in [-0.15, -0.1) is 0 Å². The Morgan fingerprint density at radius 1 is 1.24 bits per heavy atom. The largest absolute Gasteiger partial charge is 0.480 e. The molecule has 0 bridgehead atoms. The van der Waals surface area contributed by atoms with E-state index < -0.39 is 26.5 Å². The summed E-state index contributed by atoms with van der Waals surface area (Å²) in [6.07, 6.45) is 1.43. The van der Waals surface area contributed by atoms with Crippen molar-refractivity contribution in [2.24, 2.45) is 5.92 Å². The fraction of sp³-hybridized carbons (Fsp3) is 0.318. The van der Waals surface area contributed by atoms with E-state index in [1.807, 2.05) is 12.1 Å². The van der Waals surface area contributed by atoms with Crippen LogP contribution in [0.5, 0.6) is 0 Å². The maximum absolute atomic E-state index is 13.5. The van der Waals surface area contributed by atoms with Crippen molar-refractivity contribution in [1.82, 2.24) is 4.98 Å². The second-order valence-electron chi connectivity index (χ2n) is 7.94. The maximum atomic E-state index is 13.5. The van der Waals surface area contributed by atoms with Crippen LogP contribution in [0.25, 0.3) is 10.9 Å². The van der Waals surface area contributed by atoms with Gasteiger partial charge in [-0.3, -0.25) is 4.79 Å². The summed E-state index contributed by atoms with van der Waals surface area (Å²) < 4.78 is 25.0. The fourth-order valence-corrected chi connectivity index (χ4v) is 6.54. The summed E-state index contributed by atoms with van der Waals surface area (Å²) in [5, 5.41) is 11.7. The summed E-state index contributed by atoms with van der Waals surface area (Å²) in [7, 11) is -4.10. The van der Waals surface area contributed by atoms with Crippen LogP contribution in [0.3, 0.4) is 0 Å². The minimum absolute atomic E-state index is 0.0524. The number of nitrogens with one attached hydrogen (secondary N) is 1. The lowest BCUT2D eigenvalue weighted by Gasteiger charge is -2.36. The number of aryl methyl sites for hydroxylation is 2. The van der Waals surface area contributed by atoms with E-state index in [2.05, 4.69) is 4.98 Å². The third-order valence-corrected chi connectivity index (χ3v) is 8.95. The molecule has 1 aliphatic carbocycles. The van der Waals surface area contributed by atoms with E-state index in [4.69, 9.17) is 11.6 Å². The van der Waals surface area contributed by atoms with E-state index in [0.717, 1.165) is 27.7 Å². The van der Waals surface area contributed by atoms with E-state index in [9.17, 15) is 18.3 Å². The number of aromatic amines is 1. The minimum atomic E-state index is -4.10. The van der Waals surface area contributed by atoms with Gasteiger partial charge in [-0.25, -0.2) is 8.42 Å². The zero-order chi connectivity index (χ0) is 21.0. The molecule has 2 unspecified atom stereocenters. The molecule has 0 fully saturated rings. The number of fused-ring (bicyclic) bond motifs is 3. The van der Waals surface area contributed by atoms with Crippen molar-refractivity contribution in [1.29, 1.82) is 0 Å². The van der Waals surface area contributed by atoms with E-state index in [1.54, 1.807) is 25.1 Å². The van der Waals surface area contributed by atoms with Crippen LogP contribution in [0, 0.1) is 12.8 Å². The number of benzene rings is 2. The van der Waals surface area contributed by atoms with E-state index in [0.29, 0.717) is 24.3 Å². The molecular formula is C22H22ClNO4S. The van der Waals surface area contributed by atoms with Gasteiger partial charge in [0.2, 0.25) is 0 Å². The summed E-state index contributed by atoms with van der Waals surface area (Å²) in [5.41, 5.74) is 3.70. The standard InChI is InChI=1S/C22H22ClNO4S/c1-13-4-3-5-16(10-13)29(27,28)22(2,21(25)26)14-6-8-17-18-12-15(23)7-9-19(18)24-20(17)11-14/h3-5,7,9-10,12,14,24H,6,8,11H2,1-2H3,(H,25,26). The van der Waals surface area contributed by atoms with Gasteiger partial charge in [0, 0.05) is 21.6 Å². The van der Waals surface area contributed by atoms with Crippen molar-refractivity contribution in [3.05, 3.63) is 64.3 Å². The molecule has 3 aromatic rings. The number of H-pyrrole nitrogens is 1. The highest BCUT2D eigenvalue weighted by Crippen LogP contribution is 2.42. The smallest absolute Gasteiger partial charge is 0.325 e. The zero-order valence-corrected chi connectivity index (χ0v) is 17.8. The predicted octanol–water partition coefficient (Wildman–Crippen LogP) is 4.55. The number of carboxylic acid groups (broad SMARTS) is 1. The Morgan fingerprint density at radius 2 is 2.00 bits per heavy atom. The van der Waals surface area contributed by atoms with Gasteiger partial charge in [0.05, 0.1) is 4.90 Å². The Bertz CT molecular complexity index is 1230. The Morgan fingerprint density at radius 3 is 2.69 bits per heavy atom. The lowest BCUT2D eigenvalue weighted by atomic mass is 9.79. The molecule has 29 heavy (non-hydrogen) atoms. The highest BCUT2D eigenvalue weighted by Gasteiger charge is 2.54. The SMILES string of the molecule is Cc1cccc(S(=O)(=O)C(C)(C(=O)O)C2CCc3c([nH]c4ccc(Cl)cc34)C2)c1. The lowest BCUT2D eigenvalue weighted by Crippen LogP contribution is -2.51. The van der Waals surface area contributed by atoms with Crippen molar-refractivity contribution in [3.8, 4) is 0 Å². The first-order valence-corrected chi connectivity index (χ1v) is 11.3. The van der Waals surface area contributed by atoms with Crippen LogP contribution in [-0.4, -0.2) is 29.2 Å². The fourth-order valence-electron chi connectivity index (χ4n) is 4.41. The van der Waals surface area contributed by atoms with Gasteiger partial charge in [-0.05, 0) is 80.5 Å². The number of halogens is 1. The van der Waals surface area contributed by atoms with Gasteiger partial charge in [-0.1, -0.05) is 23.7 Å².